The highest BCUT2D eigenvalue weighted by Gasteiger charge is 2.18. The molecule has 0 unspecified atom stereocenters. The molecule has 2 aromatic carbocycles. The molecule has 31 heavy (non-hydrogen) atoms. The van der Waals surface area contributed by atoms with E-state index in [-0.39, 0.29) is 35.7 Å². The number of carbonyl (C=O) groups is 1. The van der Waals surface area contributed by atoms with Gasteiger partial charge in [-0.15, -0.1) is 24.0 Å². The molecule has 0 saturated carbocycles. The number of hydrogen-bond donors (Lipinski definition) is 1. The third kappa shape index (κ3) is 6.56. The number of aliphatic imine (C=N–C) groups is 1. The molecular formula is C23H31FIN5O. The predicted octanol–water partition coefficient (Wildman–Crippen LogP) is 3.56. The Morgan fingerprint density at radius 3 is 2.13 bits per heavy atom. The van der Waals surface area contributed by atoms with Crippen LogP contribution in [0, 0.1) is 5.82 Å². The molecular weight excluding hydrogens is 508 g/mol. The van der Waals surface area contributed by atoms with Crippen molar-refractivity contribution in [3.8, 4) is 0 Å². The molecule has 8 heteroatoms. The topological polar surface area (TPSA) is 65.2 Å². The molecule has 1 aliphatic heterocycles. The standard InChI is InChI=1S/C23H30FN5O.HI/c1-3-27(4-2)22(30)19-7-5-18(6-8-19)17-26-23(25)29-15-13-28(14-16-29)21-11-9-20(24)10-12-21;/h5-12H,3-4,13-17H2,1-2H3,(H2,25,26);1H. The SMILES string of the molecule is CCN(CC)C(=O)c1ccc(CN=C(N)N2CCN(c3ccc(F)cc3)CC2)cc1.I. The lowest BCUT2D eigenvalue weighted by Crippen LogP contribution is -2.51. The van der Waals surface area contributed by atoms with Gasteiger partial charge in [0, 0.05) is 50.5 Å². The predicted molar refractivity (Wildman–Crippen MR) is 135 cm³/mol. The third-order valence-electron chi connectivity index (χ3n) is 5.47. The maximum absolute atomic E-state index is 13.1. The summed E-state index contributed by atoms with van der Waals surface area (Å²) < 4.78 is 13.1. The van der Waals surface area contributed by atoms with Crippen molar-refractivity contribution in [3.05, 3.63) is 65.5 Å². The number of hydrogen-bond acceptors (Lipinski definition) is 3. The number of anilines is 1. The summed E-state index contributed by atoms with van der Waals surface area (Å²) in [6.07, 6.45) is 0. The van der Waals surface area contributed by atoms with Gasteiger partial charge in [0.25, 0.3) is 5.91 Å². The fraction of sp³-hybridized carbons (Fsp3) is 0.391. The number of piperazine rings is 1. The van der Waals surface area contributed by atoms with Crippen molar-refractivity contribution in [2.45, 2.75) is 20.4 Å². The van der Waals surface area contributed by atoms with Gasteiger partial charge in [0.1, 0.15) is 5.82 Å². The molecule has 168 valence electrons. The van der Waals surface area contributed by atoms with Gasteiger partial charge in [-0.25, -0.2) is 9.38 Å². The van der Waals surface area contributed by atoms with Crippen LogP contribution in [0.2, 0.25) is 0 Å². The van der Waals surface area contributed by atoms with E-state index in [1.54, 1.807) is 17.0 Å². The summed E-state index contributed by atoms with van der Waals surface area (Å²) in [6.45, 7) is 8.99. The van der Waals surface area contributed by atoms with Crippen molar-refractivity contribution in [2.24, 2.45) is 10.7 Å². The summed E-state index contributed by atoms with van der Waals surface area (Å²) >= 11 is 0. The first-order chi connectivity index (χ1) is 14.5. The van der Waals surface area contributed by atoms with Gasteiger partial charge in [0.05, 0.1) is 6.54 Å². The Morgan fingerprint density at radius 2 is 1.58 bits per heavy atom. The molecule has 2 aromatic rings. The van der Waals surface area contributed by atoms with Gasteiger partial charge >= 0.3 is 0 Å². The molecule has 0 aromatic heterocycles. The van der Waals surface area contributed by atoms with Crippen LogP contribution >= 0.6 is 24.0 Å². The third-order valence-corrected chi connectivity index (χ3v) is 5.47. The highest BCUT2D eigenvalue weighted by molar-refractivity contribution is 14.0. The van der Waals surface area contributed by atoms with Gasteiger partial charge in [-0.2, -0.15) is 0 Å². The molecule has 1 aliphatic rings. The zero-order chi connectivity index (χ0) is 21.5. The molecule has 0 bridgehead atoms. The molecule has 0 spiro atoms. The molecule has 3 rings (SSSR count). The highest BCUT2D eigenvalue weighted by atomic mass is 127. The fourth-order valence-electron chi connectivity index (χ4n) is 3.56. The van der Waals surface area contributed by atoms with Gasteiger partial charge in [0.2, 0.25) is 0 Å². The van der Waals surface area contributed by atoms with Crippen LogP contribution in [0.3, 0.4) is 0 Å². The molecule has 1 heterocycles. The zero-order valence-corrected chi connectivity index (χ0v) is 20.5. The lowest BCUT2D eigenvalue weighted by Gasteiger charge is -2.36. The van der Waals surface area contributed by atoms with Crippen LogP contribution in [0.4, 0.5) is 10.1 Å². The van der Waals surface area contributed by atoms with E-state index >= 15 is 0 Å². The lowest BCUT2D eigenvalue weighted by atomic mass is 10.1. The van der Waals surface area contributed by atoms with Gasteiger partial charge in [-0.05, 0) is 55.8 Å². The molecule has 1 saturated heterocycles. The minimum Gasteiger partial charge on any atom is -0.370 e. The van der Waals surface area contributed by atoms with E-state index in [4.69, 9.17) is 5.73 Å². The first-order valence-corrected chi connectivity index (χ1v) is 10.5. The summed E-state index contributed by atoms with van der Waals surface area (Å²) in [4.78, 5) is 23.0. The highest BCUT2D eigenvalue weighted by Crippen LogP contribution is 2.17. The summed E-state index contributed by atoms with van der Waals surface area (Å²) in [5, 5.41) is 0. The van der Waals surface area contributed by atoms with Gasteiger partial charge in [-0.3, -0.25) is 4.79 Å². The summed E-state index contributed by atoms with van der Waals surface area (Å²) in [5.41, 5.74) is 8.92. The van der Waals surface area contributed by atoms with Crippen LogP contribution in [0.15, 0.2) is 53.5 Å². The van der Waals surface area contributed by atoms with Crippen molar-refractivity contribution in [1.82, 2.24) is 9.80 Å². The Labute approximate surface area is 200 Å². The van der Waals surface area contributed by atoms with E-state index in [1.165, 1.54) is 12.1 Å². The second-order valence-electron chi connectivity index (χ2n) is 7.30. The average molecular weight is 539 g/mol. The molecule has 2 N–H and O–H groups in total. The Balaban J connectivity index is 0.00000341. The van der Waals surface area contributed by atoms with Crippen LogP contribution in [0.5, 0.6) is 0 Å². The minimum absolute atomic E-state index is 0. The second kappa shape index (κ2) is 11.9. The number of nitrogens with two attached hydrogens (primary N) is 1. The lowest BCUT2D eigenvalue weighted by molar-refractivity contribution is 0.0773. The van der Waals surface area contributed by atoms with E-state index in [2.05, 4.69) is 14.8 Å². The van der Waals surface area contributed by atoms with E-state index in [0.29, 0.717) is 31.2 Å². The van der Waals surface area contributed by atoms with E-state index in [0.717, 1.165) is 37.4 Å². The maximum Gasteiger partial charge on any atom is 0.253 e. The van der Waals surface area contributed by atoms with Crippen LogP contribution in [-0.4, -0.2) is 60.9 Å². The Kier molecular flexibility index (Phi) is 9.54. The quantitative estimate of drug-likeness (QED) is 0.347. The number of amides is 1. The molecule has 0 atom stereocenters. The van der Waals surface area contributed by atoms with Gasteiger partial charge < -0.3 is 20.4 Å². The van der Waals surface area contributed by atoms with Crippen LogP contribution in [0.1, 0.15) is 29.8 Å². The van der Waals surface area contributed by atoms with Crippen LogP contribution < -0.4 is 10.6 Å². The number of rotatable bonds is 6. The van der Waals surface area contributed by atoms with Gasteiger partial charge in [-0.1, -0.05) is 12.1 Å². The first-order valence-electron chi connectivity index (χ1n) is 10.5. The smallest absolute Gasteiger partial charge is 0.253 e. The maximum atomic E-state index is 13.1. The van der Waals surface area contributed by atoms with Crippen LogP contribution in [0.25, 0.3) is 0 Å². The number of carbonyl (C=O) groups excluding carboxylic acids is 1. The number of nitrogens with zero attached hydrogens (tertiary/aromatic N) is 4. The fourth-order valence-corrected chi connectivity index (χ4v) is 3.56. The molecule has 1 amide bonds. The Bertz CT molecular complexity index is 861. The zero-order valence-electron chi connectivity index (χ0n) is 18.1. The molecule has 6 nitrogen and oxygen atoms in total. The monoisotopic (exact) mass is 539 g/mol. The van der Waals surface area contributed by atoms with Crippen molar-refractivity contribution < 1.29 is 9.18 Å². The van der Waals surface area contributed by atoms with Gasteiger partial charge in [0.15, 0.2) is 5.96 Å². The van der Waals surface area contributed by atoms with E-state index in [9.17, 15) is 9.18 Å². The van der Waals surface area contributed by atoms with Crippen molar-refractivity contribution in [2.75, 3.05) is 44.2 Å². The number of benzene rings is 2. The minimum atomic E-state index is -0.223. The average Bonchev–Trinajstić information content (AvgIpc) is 2.79. The van der Waals surface area contributed by atoms with E-state index in [1.807, 2.05) is 38.1 Å². The normalized spacial score (nSPS) is 14.2. The largest absolute Gasteiger partial charge is 0.370 e. The van der Waals surface area contributed by atoms with Crippen LogP contribution in [-0.2, 0) is 6.54 Å². The molecule has 0 radical (unpaired) electrons. The Morgan fingerprint density at radius 1 is 1.00 bits per heavy atom. The summed E-state index contributed by atoms with van der Waals surface area (Å²) in [7, 11) is 0. The summed E-state index contributed by atoms with van der Waals surface area (Å²) in [5.74, 6) is 0.352. The van der Waals surface area contributed by atoms with Crippen molar-refractivity contribution in [3.63, 3.8) is 0 Å². The Hall–Kier alpha value is -2.36. The summed E-state index contributed by atoms with van der Waals surface area (Å²) in [6, 6.07) is 14.1. The van der Waals surface area contributed by atoms with Crippen molar-refractivity contribution in [1.29, 1.82) is 0 Å². The number of guanidine groups is 1. The second-order valence-corrected chi connectivity index (χ2v) is 7.30. The molecule has 1 fully saturated rings. The number of halogens is 2. The van der Waals surface area contributed by atoms with Crippen molar-refractivity contribution >= 4 is 41.5 Å². The molecule has 0 aliphatic carbocycles. The van der Waals surface area contributed by atoms with E-state index < -0.39 is 0 Å². The first kappa shape index (κ1) is 24.9.